The Balaban J connectivity index is 3.05. The van der Waals surface area contributed by atoms with Crippen molar-refractivity contribution in [3.8, 4) is 0 Å². The summed E-state index contributed by atoms with van der Waals surface area (Å²) in [7, 11) is 0. The van der Waals surface area contributed by atoms with Gasteiger partial charge in [0, 0.05) is 12.6 Å². The molecule has 0 aromatic carbocycles. The molecule has 0 aliphatic carbocycles. The summed E-state index contributed by atoms with van der Waals surface area (Å²) in [5.41, 5.74) is 5.88. The lowest BCUT2D eigenvalue weighted by Gasteiger charge is -2.11. The molecule has 0 spiro atoms. The maximum absolute atomic E-state index is 5.88. The second-order valence-corrected chi connectivity index (χ2v) is 4.64. The van der Waals surface area contributed by atoms with Crippen molar-refractivity contribution >= 4 is 0 Å². The fourth-order valence-corrected chi connectivity index (χ4v) is 1.56. The highest BCUT2D eigenvalue weighted by Gasteiger charge is 1.99. The quantitative estimate of drug-likeness (QED) is 0.561. The highest BCUT2D eigenvalue weighted by molar-refractivity contribution is 4.63. The van der Waals surface area contributed by atoms with E-state index in [0.29, 0.717) is 6.04 Å². The van der Waals surface area contributed by atoms with Crippen LogP contribution in [0, 0.1) is 5.92 Å². The van der Waals surface area contributed by atoms with Crippen LogP contribution in [-0.4, -0.2) is 19.1 Å². The molecule has 0 rings (SSSR count). The molecule has 0 radical (unpaired) electrons. The Hall–Kier alpha value is -0.0800. The largest absolute Gasteiger partial charge is 0.327 e. The number of nitrogens with two attached hydrogens (primary N) is 1. The van der Waals surface area contributed by atoms with Crippen LogP contribution in [0.4, 0.5) is 0 Å². The van der Waals surface area contributed by atoms with Crippen molar-refractivity contribution in [2.45, 2.75) is 58.9 Å². The number of unbranched alkanes of at least 4 members (excludes halogenated alkanes) is 1. The van der Waals surface area contributed by atoms with Gasteiger partial charge in [-0.3, -0.25) is 0 Å². The molecule has 0 aromatic heterocycles. The monoisotopic (exact) mass is 200 g/mol. The molecule has 3 N–H and O–H groups in total. The maximum Gasteiger partial charge on any atom is 0.0165 e. The van der Waals surface area contributed by atoms with Gasteiger partial charge in [0.05, 0.1) is 0 Å². The van der Waals surface area contributed by atoms with E-state index in [4.69, 9.17) is 5.73 Å². The molecule has 2 heteroatoms. The summed E-state index contributed by atoms with van der Waals surface area (Å²) in [4.78, 5) is 0. The van der Waals surface area contributed by atoms with Gasteiger partial charge < -0.3 is 11.1 Å². The molecule has 0 bridgehead atoms. The van der Waals surface area contributed by atoms with E-state index < -0.39 is 0 Å². The molecule has 1 atom stereocenters. The van der Waals surface area contributed by atoms with Gasteiger partial charge in [-0.2, -0.15) is 0 Å². The molecule has 0 heterocycles. The Labute approximate surface area is 89.6 Å². The maximum atomic E-state index is 5.88. The molecule has 0 aromatic rings. The van der Waals surface area contributed by atoms with Gasteiger partial charge in [-0.1, -0.05) is 40.0 Å². The van der Waals surface area contributed by atoms with Gasteiger partial charge in [-0.05, 0) is 25.3 Å². The van der Waals surface area contributed by atoms with Gasteiger partial charge >= 0.3 is 0 Å². The third-order valence-electron chi connectivity index (χ3n) is 2.45. The lowest BCUT2D eigenvalue weighted by Crippen LogP contribution is -2.34. The fourth-order valence-electron chi connectivity index (χ4n) is 1.56. The Bertz CT molecular complexity index is 113. The Morgan fingerprint density at radius 2 is 1.86 bits per heavy atom. The van der Waals surface area contributed by atoms with E-state index in [1.807, 2.05) is 0 Å². The zero-order valence-corrected chi connectivity index (χ0v) is 10.2. The first-order valence-electron chi connectivity index (χ1n) is 6.13. The second-order valence-electron chi connectivity index (χ2n) is 4.64. The Morgan fingerprint density at radius 3 is 2.43 bits per heavy atom. The van der Waals surface area contributed by atoms with Crippen LogP contribution in [0.1, 0.15) is 52.9 Å². The lowest BCUT2D eigenvalue weighted by molar-refractivity contribution is 0.497. The van der Waals surface area contributed by atoms with Crippen LogP contribution in [0.2, 0.25) is 0 Å². The molecule has 0 aliphatic rings. The average molecular weight is 200 g/mol. The van der Waals surface area contributed by atoms with E-state index in [-0.39, 0.29) is 0 Å². The molecule has 0 saturated heterocycles. The first-order chi connectivity index (χ1) is 6.66. The SMILES string of the molecule is CCCC(N)CNCCCCC(C)C. The topological polar surface area (TPSA) is 38.0 Å². The van der Waals surface area contributed by atoms with Crippen LogP contribution in [0.3, 0.4) is 0 Å². The highest BCUT2D eigenvalue weighted by atomic mass is 14.9. The number of rotatable bonds is 9. The minimum Gasteiger partial charge on any atom is -0.327 e. The van der Waals surface area contributed by atoms with Crippen molar-refractivity contribution in [1.29, 1.82) is 0 Å². The second kappa shape index (κ2) is 9.47. The number of nitrogens with one attached hydrogen (secondary N) is 1. The van der Waals surface area contributed by atoms with E-state index in [9.17, 15) is 0 Å². The third-order valence-corrected chi connectivity index (χ3v) is 2.45. The standard InChI is InChI=1S/C12H28N2/c1-4-7-12(13)10-14-9-6-5-8-11(2)3/h11-12,14H,4-10,13H2,1-3H3. The van der Waals surface area contributed by atoms with Crippen LogP contribution in [-0.2, 0) is 0 Å². The summed E-state index contributed by atoms with van der Waals surface area (Å²) >= 11 is 0. The zero-order chi connectivity index (χ0) is 10.8. The summed E-state index contributed by atoms with van der Waals surface area (Å²) in [5.74, 6) is 0.845. The van der Waals surface area contributed by atoms with Gasteiger partial charge in [-0.15, -0.1) is 0 Å². The van der Waals surface area contributed by atoms with Gasteiger partial charge in [-0.25, -0.2) is 0 Å². The van der Waals surface area contributed by atoms with Crippen molar-refractivity contribution in [3.63, 3.8) is 0 Å². The van der Waals surface area contributed by atoms with Crippen LogP contribution in [0.5, 0.6) is 0 Å². The predicted octanol–water partition coefficient (Wildman–Crippen LogP) is 2.53. The average Bonchev–Trinajstić information content (AvgIpc) is 2.11. The minimum absolute atomic E-state index is 0.352. The van der Waals surface area contributed by atoms with Crippen molar-refractivity contribution in [2.75, 3.05) is 13.1 Å². The molecular formula is C12H28N2. The lowest BCUT2D eigenvalue weighted by atomic mass is 10.1. The third kappa shape index (κ3) is 10.0. The first kappa shape index (κ1) is 13.9. The molecule has 86 valence electrons. The van der Waals surface area contributed by atoms with Gasteiger partial charge in [0.2, 0.25) is 0 Å². The van der Waals surface area contributed by atoms with Crippen LogP contribution >= 0.6 is 0 Å². The Morgan fingerprint density at radius 1 is 1.14 bits per heavy atom. The van der Waals surface area contributed by atoms with Gasteiger partial charge in [0.15, 0.2) is 0 Å². The van der Waals surface area contributed by atoms with Crippen molar-refractivity contribution in [2.24, 2.45) is 11.7 Å². The molecular weight excluding hydrogens is 172 g/mol. The summed E-state index contributed by atoms with van der Waals surface area (Å²) in [6.45, 7) is 8.86. The molecule has 14 heavy (non-hydrogen) atoms. The summed E-state index contributed by atoms with van der Waals surface area (Å²) in [6.07, 6.45) is 6.31. The van der Waals surface area contributed by atoms with E-state index >= 15 is 0 Å². The smallest absolute Gasteiger partial charge is 0.0165 e. The molecule has 0 saturated carbocycles. The van der Waals surface area contributed by atoms with E-state index in [2.05, 4.69) is 26.1 Å². The van der Waals surface area contributed by atoms with Crippen LogP contribution < -0.4 is 11.1 Å². The van der Waals surface area contributed by atoms with Gasteiger partial charge in [0.1, 0.15) is 0 Å². The normalized spacial score (nSPS) is 13.5. The number of hydrogen-bond acceptors (Lipinski definition) is 2. The Kier molecular flexibility index (Phi) is 9.42. The van der Waals surface area contributed by atoms with E-state index in [1.165, 1.54) is 25.7 Å². The highest BCUT2D eigenvalue weighted by Crippen LogP contribution is 2.04. The molecule has 0 amide bonds. The van der Waals surface area contributed by atoms with E-state index in [1.54, 1.807) is 0 Å². The van der Waals surface area contributed by atoms with Crippen molar-refractivity contribution in [3.05, 3.63) is 0 Å². The van der Waals surface area contributed by atoms with Crippen LogP contribution in [0.15, 0.2) is 0 Å². The molecule has 0 aliphatic heterocycles. The summed E-state index contributed by atoms with van der Waals surface area (Å²) in [6, 6.07) is 0.352. The number of hydrogen-bond donors (Lipinski definition) is 2. The predicted molar refractivity (Wildman–Crippen MR) is 64.4 cm³/mol. The first-order valence-corrected chi connectivity index (χ1v) is 6.13. The van der Waals surface area contributed by atoms with Gasteiger partial charge in [0.25, 0.3) is 0 Å². The van der Waals surface area contributed by atoms with Crippen molar-refractivity contribution < 1.29 is 0 Å². The summed E-state index contributed by atoms with van der Waals surface area (Å²) in [5, 5.41) is 3.42. The van der Waals surface area contributed by atoms with Crippen LogP contribution in [0.25, 0.3) is 0 Å². The zero-order valence-electron chi connectivity index (χ0n) is 10.2. The minimum atomic E-state index is 0.352. The van der Waals surface area contributed by atoms with Crippen molar-refractivity contribution in [1.82, 2.24) is 5.32 Å². The molecule has 2 nitrogen and oxygen atoms in total. The molecule has 0 fully saturated rings. The summed E-state index contributed by atoms with van der Waals surface area (Å²) < 4.78 is 0. The fraction of sp³-hybridized carbons (Fsp3) is 1.00. The van der Waals surface area contributed by atoms with E-state index in [0.717, 1.165) is 25.4 Å². The molecule has 1 unspecified atom stereocenters.